The number of halogens is 3. The number of nitrogens with two attached hydrogens (primary N) is 1. The van der Waals surface area contributed by atoms with Crippen molar-refractivity contribution in [2.45, 2.75) is 25.1 Å². The van der Waals surface area contributed by atoms with Crippen molar-refractivity contribution in [3.63, 3.8) is 0 Å². The zero-order valence-electron chi connectivity index (χ0n) is 13.9. The van der Waals surface area contributed by atoms with Crippen LogP contribution in [0.4, 0.5) is 19.0 Å². The second-order valence-corrected chi connectivity index (χ2v) is 6.53. The standard InChI is InChI=1S/C18H18F3N5/c19-18(20,21)13-5-3-12(4-6-13)16-17-23-7-9-26(17)11-15(24-16)25-8-1-2-14(22)10-25/h3-7,9,11,14H,1-2,8,10,22H2. The predicted octanol–water partition coefficient (Wildman–Crippen LogP) is 3.34. The third kappa shape index (κ3) is 3.12. The maximum Gasteiger partial charge on any atom is 0.416 e. The number of piperidine rings is 1. The number of fused-ring (bicyclic) bond motifs is 1. The molecule has 3 aromatic rings. The van der Waals surface area contributed by atoms with E-state index >= 15 is 0 Å². The van der Waals surface area contributed by atoms with Crippen LogP contribution in [0.3, 0.4) is 0 Å². The van der Waals surface area contributed by atoms with Gasteiger partial charge in [-0.05, 0) is 25.0 Å². The van der Waals surface area contributed by atoms with Crippen LogP contribution in [0.2, 0.25) is 0 Å². The minimum atomic E-state index is -4.36. The summed E-state index contributed by atoms with van der Waals surface area (Å²) in [6.07, 6.45) is 2.94. The molecular weight excluding hydrogens is 343 g/mol. The average Bonchev–Trinajstić information content (AvgIpc) is 3.09. The molecule has 0 saturated carbocycles. The van der Waals surface area contributed by atoms with E-state index in [9.17, 15) is 13.2 Å². The van der Waals surface area contributed by atoms with Gasteiger partial charge in [0, 0.05) is 37.1 Å². The van der Waals surface area contributed by atoms with Crippen molar-refractivity contribution in [1.29, 1.82) is 0 Å². The average molecular weight is 361 g/mol. The highest BCUT2D eigenvalue weighted by Crippen LogP contribution is 2.32. The van der Waals surface area contributed by atoms with Crippen molar-refractivity contribution in [3.8, 4) is 11.3 Å². The smallest absolute Gasteiger partial charge is 0.354 e. The van der Waals surface area contributed by atoms with Gasteiger partial charge in [0.15, 0.2) is 5.65 Å². The number of nitrogens with zero attached hydrogens (tertiary/aromatic N) is 4. The van der Waals surface area contributed by atoms with Crippen LogP contribution in [0.1, 0.15) is 18.4 Å². The molecule has 3 heterocycles. The van der Waals surface area contributed by atoms with Crippen LogP contribution in [0, 0.1) is 0 Å². The van der Waals surface area contributed by atoms with Crippen molar-refractivity contribution in [2.24, 2.45) is 5.73 Å². The summed E-state index contributed by atoms with van der Waals surface area (Å²) in [7, 11) is 0. The zero-order valence-corrected chi connectivity index (χ0v) is 13.9. The quantitative estimate of drug-likeness (QED) is 0.761. The van der Waals surface area contributed by atoms with Crippen molar-refractivity contribution in [3.05, 3.63) is 48.4 Å². The van der Waals surface area contributed by atoms with E-state index in [1.807, 2.05) is 10.6 Å². The van der Waals surface area contributed by atoms with Crippen LogP contribution in [0.25, 0.3) is 16.9 Å². The predicted molar refractivity (Wildman–Crippen MR) is 92.8 cm³/mol. The molecule has 0 bridgehead atoms. The molecule has 1 aromatic carbocycles. The summed E-state index contributed by atoms with van der Waals surface area (Å²) in [5.41, 5.74) is 7.14. The molecule has 2 N–H and O–H groups in total. The SMILES string of the molecule is NC1CCCN(c2cn3ccnc3c(-c3ccc(C(F)(F)F)cc3)n2)C1. The van der Waals surface area contributed by atoms with Gasteiger partial charge in [-0.1, -0.05) is 12.1 Å². The van der Waals surface area contributed by atoms with Crippen LogP contribution in [0.5, 0.6) is 0 Å². The van der Waals surface area contributed by atoms with E-state index < -0.39 is 11.7 Å². The fraction of sp³-hybridized carbons (Fsp3) is 0.333. The van der Waals surface area contributed by atoms with Crippen molar-refractivity contribution >= 4 is 11.5 Å². The molecular formula is C18H18F3N5. The Labute approximate surface area is 148 Å². The first-order valence-corrected chi connectivity index (χ1v) is 8.44. The van der Waals surface area contributed by atoms with Gasteiger partial charge >= 0.3 is 6.18 Å². The van der Waals surface area contributed by atoms with E-state index in [-0.39, 0.29) is 6.04 Å². The molecule has 1 aliphatic heterocycles. The van der Waals surface area contributed by atoms with Crippen LogP contribution in [-0.4, -0.2) is 33.5 Å². The van der Waals surface area contributed by atoms with Gasteiger partial charge in [0.1, 0.15) is 11.5 Å². The first-order valence-electron chi connectivity index (χ1n) is 8.44. The maximum absolute atomic E-state index is 12.8. The normalized spacial score (nSPS) is 18.5. The van der Waals surface area contributed by atoms with E-state index in [2.05, 4.69) is 9.88 Å². The summed E-state index contributed by atoms with van der Waals surface area (Å²) in [4.78, 5) is 11.1. The second kappa shape index (κ2) is 6.28. The largest absolute Gasteiger partial charge is 0.416 e. The minimum Gasteiger partial charge on any atom is -0.354 e. The number of imidazole rings is 1. The number of aromatic nitrogens is 3. The Balaban J connectivity index is 1.77. The number of benzene rings is 1. The van der Waals surface area contributed by atoms with Crippen molar-refractivity contribution in [2.75, 3.05) is 18.0 Å². The van der Waals surface area contributed by atoms with E-state index in [4.69, 9.17) is 10.7 Å². The fourth-order valence-corrected chi connectivity index (χ4v) is 3.30. The van der Waals surface area contributed by atoms with Gasteiger partial charge < -0.3 is 15.0 Å². The molecule has 1 unspecified atom stereocenters. The van der Waals surface area contributed by atoms with Gasteiger partial charge in [0.2, 0.25) is 0 Å². The number of alkyl halides is 3. The molecule has 1 atom stereocenters. The summed E-state index contributed by atoms with van der Waals surface area (Å²) < 4.78 is 40.3. The van der Waals surface area contributed by atoms with Crippen LogP contribution in [0.15, 0.2) is 42.9 Å². The maximum atomic E-state index is 12.8. The molecule has 1 saturated heterocycles. The first kappa shape index (κ1) is 16.8. The zero-order chi connectivity index (χ0) is 18.3. The molecule has 0 aliphatic carbocycles. The summed E-state index contributed by atoms with van der Waals surface area (Å²) in [6, 6.07) is 5.11. The molecule has 2 aromatic heterocycles. The van der Waals surface area contributed by atoms with Gasteiger partial charge in [-0.15, -0.1) is 0 Å². The van der Waals surface area contributed by atoms with E-state index in [1.54, 1.807) is 12.4 Å². The second-order valence-electron chi connectivity index (χ2n) is 6.53. The van der Waals surface area contributed by atoms with Gasteiger partial charge in [-0.3, -0.25) is 0 Å². The highest BCUT2D eigenvalue weighted by atomic mass is 19.4. The van der Waals surface area contributed by atoms with Crippen LogP contribution in [-0.2, 0) is 6.18 Å². The fourth-order valence-electron chi connectivity index (χ4n) is 3.30. The molecule has 8 heteroatoms. The Morgan fingerprint density at radius 3 is 2.62 bits per heavy atom. The van der Waals surface area contributed by atoms with Gasteiger partial charge in [-0.25, -0.2) is 9.97 Å². The highest BCUT2D eigenvalue weighted by Gasteiger charge is 2.30. The van der Waals surface area contributed by atoms with E-state index in [0.29, 0.717) is 23.4 Å². The lowest BCUT2D eigenvalue weighted by Gasteiger charge is -2.31. The molecule has 4 rings (SSSR count). The number of rotatable bonds is 2. The number of anilines is 1. The molecule has 0 spiro atoms. The summed E-state index contributed by atoms with van der Waals surface area (Å²) in [5, 5.41) is 0. The summed E-state index contributed by atoms with van der Waals surface area (Å²) in [6.45, 7) is 1.56. The molecule has 0 amide bonds. The molecule has 136 valence electrons. The topological polar surface area (TPSA) is 59.5 Å². The Hall–Kier alpha value is -2.61. The van der Waals surface area contributed by atoms with E-state index in [0.717, 1.165) is 37.3 Å². The monoisotopic (exact) mass is 361 g/mol. The molecule has 1 fully saturated rings. The van der Waals surface area contributed by atoms with Gasteiger partial charge in [0.05, 0.1) is 11.8 Å². The van der Waals surface area contributed by atoms with Gasteiger partial charge in [0.25, 0.3) is 0 Å². The summed E-state index contributed by atoms with van der Waals surface area (Å²) >= 11 is 0. The molecule has 26 heavy (non-hydrogen) atoms. The van der Waals surface area contributed by atoms with Crippen molar-refractivity contribution in [1.82, 2.24) is 14.4 Å². The van der Waals surface area contributed by atoms with Crippen LogP contribution >= 0.6 is 0 Å². The lowest BCUT2D eigenvalue weighted by molar-refractivity contribution is -0.137. The highest BCUT2D eigenvalue weighted by molar-refractivity contribution is 5.75. The minimum absolute atomic E-state index is 0.0959. The molecule has 1 aliphatic rings. The van der Waals surface area contributed by atoms with Crippen LogP contribution < -0.4 is 10.6 Å². The third-order valence-electron chi connectivity index (χ3n) is 4.63. The number of hydrogen-bond donors (Lipinski definition) is 1. The third-order valence-corrected chi connectivity index (χ3v) is 4.63. The first-order chi connectivity index (χ1) is 12.4. The van der Waals surface area contributed by atoms with Crippen molar-refractivity contribution < 1.29 is 13.2 Å². The van der Waals surface area contributed by atoms with E-state index in [1.165, 1.54) is 12.1 Å². The molecule has 5 nitrogen and oxygen atoms in total. The Kier molecular flexibility index (Phi) is 4.07. The summed E-state index contributed by atoms with van der Waals surface area (Å²) in [5.74, 6) is 0.751. The number of hydrogen-bond acceptors (Lipinski definition) is 4. The lowest BCUT2D eigenvalue weighted by atomic mass is 10.1. The Morgan fingerprint density at radius 1 is 1.15 bits per heavy atom. The molecule has 0 radical (unpaired) electrons. The Morgan fingerprint density at radius 2 is 1.92 bits per heavy atom. The van der Waals surface area contributed by atoms with Gasteiger partial charge in [-0.2, -0.15) is 13.2 Å². The Bertz CT molecular complexity index is 917. The lowest BCUT2D eigenvalue weighted by Crippen LogP contribution is -2.43.